The van der Waals surface area contributed by atoms with Gasteiger partial charge in [0.1, 0.15) is 5.82 Å². The second kappa shape index (κ2) is 4.22. The fourth-order valence-corrected chi connectivity index (χ4v) is 1.92. The van der Waals surface area contributed by atoms with Crippen LogP contribution in [-0.2, 0) is 12.6 Å². The van der Waals surface area contributed by atoms with Crippen molar-refractivity contribution >= 4 is 22.6 Å². The summed E-state index contributed by atoms with van der Waals surface area (Å²) in [7, 11) is 0. The third-order valence-corrected chi connectivity index (χ3v) is 2.72. The lowest BCUT2D eigenvalue weighted by molar-refractivity contribution is -0.137. The van der Waals surface area contributed by atoms with Crippen LogP contribution < -0.4 is 0 Å². The van der Waals surface area contributed by atoms with E-state index in [1.807, 2.05) is 6.92 Å². The molecule has 1 aromatic carbocycles. The van der Waals surface area contributed by atoms with Crippen LogP contribution in [0.2, 0.25) is 5.02 Å². The Kier molecular flexibility index (Phi) is 3.03. The average Bonchev–Trinajstić information content (AvgIpc) is 2.57. The highest BCUT2D eigenvalue weighted by Crippen LogP contribution is 2.36. The number of hydrogen-bond donors (Lipinski definition) is 1. The predicted octanol–water partition coefficient (Wildman–Crippen LogP) is 4.19. The summed E-state index contributed by atoms with van der Waals surface area (Å²) < 4.78 is 37.8. The number of nitrogens with zero attached hydrogens (tertiary/aromatic N) is 1. The molecular weight excluding hydrogens is 253 g/mol. The monoisotopic (exact) mass is 262 g/mol. The van der Waals surface area contributed by atoms with E-state index in [1.54, 1.807) is 0 Å². The number of aromatic nitrogens is 2. The molecule has 0 fully saturated rings. The standard InChI is InChI=1S/C11H10ClF3N2/c1-2-3-10-16-8-4-6(11(13,14)15)7(12)5-9(8)17-10/h4-5H,2-3H2,1H3,(H,16,17). The first-order chi connectivity index (χ1) is 7.91. The zero-order valence-electron chi connectivity index (χ0n) is 9.03. The molecule has 1 heterocycles. The molecular formula is C11H10ClF3N2. The summed E-state index contributed by atoms with van der Waals surface area (Å²) in [4.78, 5) is 7.05. The van der Waals surface area contributed by atoms with Crippen LogP contribution >= 0.6 is 11.6 Å². The van der Waals surface area contributed by atoms with Gasteiger partial charge in [-0.2, -0.15) is 13.2 Å². The second-order valence-corrected chi connectivity index (χ2v) is 4.19. The summed E-state index contributed by atoms with van der Waals surface area (Å²) in [5, 5.41) is -0.320. The Morgan fingerprint density at radius 3 is 2.65 bits per heavy atom. The van der Waals surface area contributed by atoms with Crippen molar-refractivity contribution in [2.75, 3.05) is 0 Å². The first kappa shape index (κ1) is 12.2. The number of rotatable bonds is 2. The topological polar surface area (TPSA) is 28.7 Å². The highest BCUT2D eigenvalue weighted by molar-refractivity contribution is 6.32. The first-order valence-corrected chi connectivity index (χ1v) is 5.55. The van der Waals surface area contributed by atoms with Gasteiger partial charge in [0.15, 0.2) is 0 Å². The quantitative estimate of drug-likeness (QED) is 0.864. The van der Waals surface area contributed by atoms with E-state index in [1.165, 1.54) is 6.07 Å². The van der Waals surface area contributed by atoms with Crippen LogP contribution in [0.25, 0.3) is 11.0 Å². The van der Waals surface area contributed by atoms with Crippen molar-refractivity contribution in [2.24, 2.45) is 0 Å². The molecule has 2 nitrogen and oxygen atoms in total. The molecule has 0 bridgehead atoms. The van der Waals surface area contributed by atoms with Gasteiger partial charge in [-0.15, -0.1) is 0 Å². The molecule has 2 aromatic rings. The van der Waals surface area contributed by atoms with E-state index in [9.17, 15) is 13.2 Å². The van der Waals surface area contributed by atoms with E-state index >= 15 is 0 Å². The van der Waals surface area contributed by atoms with Gasteiger partial charge in [0.05, 0.1) is 21.6 Å². The van der Waals surface area contributed by atoms with Gasteiger partial charge in [-0.05, 0) is 18.6 Å². The van der Waals surface area contributed by atoms with E-state index in [-0.39, 0.29) is 5.02 Å². The average molecular weight is 263 g/mol. The van der Waals surface area contributed by atoms with Crippen molar-refractivity contribution < 1.29 is 13.2 Å². The highest BCUT2D eigenvalue weighted by Gasteiger charge is 2.33. The molecule has 0 atom stereocenters. The Hall–Kier alpha value is -1.23. The molecule has 0 aliphatic heterocycles. The number of aromatic amines is 1. The summed E-state index contributed by atoms with van der Waals surface area (Å²) in [6, 6.07) is 2.25. The second-order valence-electron chi connectivity index (χ2n) is 3.78. The van der Waals surface area contributed by atoms with E-state index in [0.29, 0.717) is 23.3 Å². The van der Waals surface area contributed by atoms with Crippen molar-refractivity contribution in [2.45, 2.75) is 25.9 Å². The number of halogens is 4. The van der Waals surface area contributed by atoms with Gasteiger partial charge in [-0.3, -0.25) is 0 Å². The smallest absolute Gasteiger partial charge is 0.342 e. The lowest BCUT2D eigenvalue weighted by Gasteiger charge is -2.07. The van der Waals surface area contributed by atoms with Crippen LogP contribution in [0, 0.1) is 0 Å². The normalized spacial score (nSPS) is 12.3. The number of imidazole rings is 1. The Morgan fingerprint density at radius 1 is 1.35 bits per heavy atom. The van der Waals surface area contributed by atoms with Crippen LogP contribution in [0.3, 0.4) is 0 Å². The molecule has 0 aliphatic rings. The van der Waals surface area contributed by atoms with Crippen LogP contribution in [0.4, 0.5) is 13.2 Å². The molecule has 17 heavy (non-hydrogen) atoms. The van der Waals surface area contributed by atoms with Crippen molar-refractivity contribution in [1.29, 1.82) is 0 Å². The molecule has 1 aromatic heterocycles. The number of hydrogen-bond acceptors (Lipinski definition) is 1. The van der Waals surface area contributed by atoms with Crippen molar-refractivity contribution in [3.05, 3.63) is 28.5 Å². The summed E-state index contributed by atoms with van der Waals surface area (Å²) in [5.74, 6) is 0.679. The minimum Gasteiger partial charge on any atom is -0.342 e. The van der Waals surface area contributed by atoms with Crippen LogP contribution in [0.1, 0.15) is 24.7 Å². The number of aryl methyl sites for hydroxylation is 1. The maximum Gasteiger partial charge on any atom is 0.417 e. The van der Waals surface area contributed by atoms with E-state index in [0.717, 1.165) is 12.5 Å². The van der Waals surface area contributed by atoms with E-state index in [4.69, 9.17) is 11.6 Å². The number of alkyl halides is 3. The Bertz CT molecular complexity index is 545. The van der Waals surface area contributed by atoms with E-state index < -0.39 is 11.7 Å². The zero-order valence-corrected chi connectivity index (χ0v) is 9.78. The van der Waals surface area contributed by atoms with E-state index in [2.05, 4.69) is 9.97 Å². The highest BCUT2D eigenvalue weighted by atomic mass is 35.5. The predicted molar refractivity (Wildman–Crippen MR) is 60.1 cm³/mol. The van der Waals surface area contributed by atoms with Crippen LogP contribution in [0.15, 0.2) is 12.1 Å². The molecule has 6 heteroatoms. The molecule has 0 amide bonds. The first-order valence-electron chi connectivity index (χ1n) is 5.17. The third kappa shape index (κ3) is 2.39. The molecule has 0 saturated heterocycles. The summed E-state index contributed by atoms with van der Waals surface area (Å²) in [6.45, 7) is 1.97. The van der Waals surface area contributed by atoms with Gasteiger partial charge in [0.2, 0.25) is 0 Å². The fraction of sp³-hybridized carbons (Fsp3) is 0.364. The minimum absolute atomic E-state index is 0.320. The molecule has 0 aliphatic carbocycles. The van der Waals surface area contributed by atoms with Gasteiger partial charge in [-0.25, -0.2) is 4.98 Å². The summed E-state index contributed by atoms with van der Waals surface area (Å²) in [5.41, 5.74) is -0.00464. The Balaban J connectivity index is 2.56. The maximum absolute atomic E-state index is 12.6. The van der Waals surface area contributed by atoms with Crippen LogP contribution in [-0.4, -0.2) is 9.97 Å². The largest absolute Gasteiger partial charge is 0.417 e. The number of fused-ring (bicyclic) bond motifs is 1. The van der Waals surface area contributed by atoms with Crippen molar-refractivity contribution in [3.8, 4) is 0 Å². The summed E-state index contributed by atoms with van der Waals surface area (Å²) in [6.07, 6.45) is -2.87. The Morgan fingerprint density at radius 2 is 2.06 bits per heavy atom. The Labute approximate surface area is 101 Å². The minimum atomic E-state index is -4.44. The number of nitrogens with one attached hydrogen (secondary N) is 1. The van der Waals surface area contributed by atoms with Gasteiger partial charge in [-0.1, -0.05) is 18.5 Å². The lowest BCUT2D eigenvalue weighted by Crippen LogP contribution is -2.05. The zero-order chi connectivity index (χ0) is 12.6. The molecule has 92 valence electrons. The van der Waals surface area contributed by atoms with Crippen LogP contribution in [0.5, 0.6) is 0 Å². The number of H-pyrrole nitrogens is 1. The molecule has 2 rings (SSSR count). The lowest BCUT2D eigenvalue weighted by atomic mass is 10.2. The summed E-state index contributed by atoms with van der Waals surface area (Å²) >= 11 is 5.60. The van der Waals surface area contributed by atoms with Crippen molar-refractivity contribution in [3.63, 3.8) is 0 Å². The van der Waals surface area contributed by atoms with Gasteiger partial charge >= 0.3 is 6.18 Å². The van der Waals surface area contributed by atoms with Gasteiger partial charge < -0.3 is 4.98 Å². The molecule has 1 N–H and O–H groups in total. The van der Waals surface area contributed by atoms with Gasteiger partial charge in [0.25, 0.3) is 0 Å². The fourth-order valence-electron chi connectivity index (χ4n) is 1.66. The molecule has 0 radical (unpaired) electrons. The molecule has 0 spiro atoms. The molecule has 0 unspecified atom stereocenters. The molecule has 0 saturated carbocycles. The van der Waals surface area contributed by atoms with Crippen molar-refractivity contribution in [1.82, 2.24) is 9.97 Å². The third-order valence-electron chi connectivity index (χ3n) is 2.41. The maximum atomic E-state index is 12.6. The SMILES string of the molecule is CCCc1nc2cc(Cl)c(C(F)(F)F)cc2[nH]1. The van der Waals surface area contributed by atoms with Gasteiger partial charge in [0, 0.05) is 6.42 Å². The number of benzene rings is 1.